The highest BCUT2D eigenvalue weighted by molar-refractivity contribution is 5.05. The molecule has 1 fully saturated rings. The summed E-state index contributed by atoms with van der Waals surface area (Å²) in [5, 5.41) is 8.16. The van der Waals surface area contributed by atoms with Gasteiger partial charge in [-0.1, -0.05) is 20.3 Å². The van der Waals surface area contributed by atoms with Gasteiger partial charge in [-0.3, -0.25) is 4.68 Å². The number of nitrogens with zero attached hydrogens (tertiary/aromatic N) is 2. The summed E-state index contributed by atoms with van der Waals surface area (Å²) in [5.41, 5.74) is 1.87. The molecule has 1 heterocycles. The van der Waals surface area contributed by atoms with Crippen molar-refractivity contribution < 1.29 is 0 Å². The van der Waals surface area contributed by atoms with Gasteiger partial charge in [-0.2, -0.15) is 5.10 Å². The van der Waals surface area contributed by atoms with E-state index in [0.29, 0.717) is 11.5 Å². The number of nitrogens with one attached hydrogen (secondary N) is 1. The van der Waals surface area contributed by atoms with Crippen molar-refractivity contribution in [1.82, 2.24) is 15.1 Å². The van der Waals surface area contributed by atoms with Crippen molar-refractivity contribution in [3.05, 3.63) is 18.0 Å². The van der Waals surface area contributed by atoms with Crippen molar-refractivity contribution in [1.29, 1.82) is 0 Å². The van der Waals surface area contributed by atoms with Crippen LogP contribution >= 0.6 is 0 Å². The van der Waals surface area contributed by atoms with Crippen LogP contribution in [0.5, 0.6) is 0 Å². The first-order valence-corrected chi connectivity index (χ1v) is 7.54. The summed E-state index contributed by atoms with van der Waals surface area (Å²) in [4.78, 5) is 0. The van der Waals surface area contributed by atoms with E-state index in [0.717, 1.165) is 6.54 Å². The van der Waals surface area contributed by atoms with Crippen LogP contribution in [0.25, 0.3) is 0 Å². The van der Waals surface area contributed by atoms with Gasteiger partial charge in [0.15, 0.2) is 0 Å². The van der Waals surface area contributed by atoms with Gasteiger partial charge in [0.1, 0.15) is 0 Å². The standard InChI is InChI=1S/C16H29N3/c1-15(2,3)19-12-13(11-18-19)10-17-14-7-6-8-16(4,5)9-14/h11-12,14,17H,6-10H2,1-5H3. The maximum atomic E-state index is 4.46. The Hall–Kier alpha value is -0.830. The minimum absolute atomic E-state index is 0.0745. The van der Waals surface area contributed by atoms with Gasteiger partial charge >= 0.3 is 0 Å². The molecule has 0 amide bonds. The van der Waals surface area contributed by atoms with Gasteiger partial charge in [-0.15, -0.1) is 0 Å². The van der Waals surface area contributed by atoms with E-state index < -0.39 is 0 Å². The molecule has 1 unspecified atom stereocenters. The Labute approximate surface area is 117 Å². The molecule has 1 N–H and O–H groups in total. The largest absolute Gasteiger partial charge is 0.310 e. The number of aromatic nitrogens is 2. The average molecular weight is 263 g/mol. The second-order valence-corrected chi connectivity index (χ2v) is 7.80. The average Bonchev–Trinajstić information content (AvgIpc) is 2.73. The molecule has 19 heavy (non-hydrogen) atoms. The molecule has 0 bridgehead atoms. The molecule has 0 aliphatic heterocycles. The van der Waals surface area contributed by atoms with E-state index in [1.165, 1.54) is 31.2 Å². The number of hydrogen-bond donors (Lipinski definition) is 1. The Kier molecular flexibility index (Phi) is 4.05. The zero-order chi connectivity index (χ0) is 14.1. The van der Waals surface area contributed by atoms with E-state index >= 15 is 0 Å². The van der Waals surface area contributed by atoms with Crippen molar-refractivity contribution in [2.24, 2.45) is 5.41 Å². The summed E-state index contributed by atoms with van der Waals surface area (Å²) in [6.07, 6.45) is 9.49. The first-order valence-electron chi connectivity index (χ1n) is 7.54. The van der Waals surface area contributed by atoms with E-state index in [1.54, 1.807) is 0 Å². The van der Waals surface area contributed by atoms with Gasteiger partial charge in [-0.25, -0.2) is 0 Å². The Morgan fingerprint density at radius 3 is 2.74 bits per heavy atom. The van der Waals surface area contributed by atoms with E-state index in [-0.39, 0.29) is 5.54 Å². The molecule has 1 saturated carbocycles. The lowest BCUT2D eigenvalue weighted by Crippen LogP contribution is -2.36. The molecule has 108 valence electrons. The van der Waals surface area contributed by atoms with Crippen molar-refractivity contribution in [2.45, 2.75) is 78.4 Å². The zero-order valence-corrected chi connectivity index (χ0v) is 13.2. The van der Waals surface area contributed by atoms with Crippen LogP contribution in [-0.4, -0.2) is 15.8 Å². The Bertz CT molecular complexity index is 412. The van der Waals surface area contributed by atoms with Gasteiger partial charge in [0.2, 0.25) is 0 Å². The summed E-state index contributed by atoms with van der Waals surface area (Å²) < 4.78 is 2.05. The van der Waals surface area contributed by atoms with Gasteiger partial charge in [0.25, 0.3) is 0 Å². The summed E-state index contributed by atoms with van der Waals surface area (Å²) in [6.45, 7) is 12.3. The molecule has 1 aromatic rings. The van der Waals surface area contributed by atoms with E-state index in [4.69, 9.17) is 0 Å². The minimum Gasteiger partial charge on any atom is -0.310 e. The van der Waals surface area contributed by atoms with Crippen molar-refractivity contribution in [2.75, 3.05) is 0 Å². The third kappa shape index (κ3) is 4.07. The fourth-order valence-corrected chi connectivity index (χ4v) is 2.95. The second kappa shape index (κ2) is 5.28. The predicted molar refractivity (Wildman–Crippen MR) is 80.1 cm³/mol. The maximum Gasteiger partial charge on any atom is 0.0543 e. The van der Waals surface area contributed by atoms with Crippen molar-refractivity contribution in [3.8, 4) is 0 Å². The highest BCUT2D eigenvalue weighted by atomic mass is 15.3. The van der Waals surface area contributed by atoms with Gasteiger partial charge < -0.3 is 5.32 Å². The third-order valence-electron chi connectivity index (χ3n) is 4.12. The lowest BCUT2D eigenvalue weighted by molar-refractivity contribution is 0.198. The fraction of sp³-hybridized carbons (Fsp3) is 0.812. The van der Waals surface area contributed by atoms with Crippen LogP contribution < -0.4 is 5.32 Å². The number of hydrogen-bond acceptors (Lipinski definition) is 2. The van der Waals surface area contributed by atoms with Crippen LogP contribution in [0.2, 0.25) is 0 Å². The number of rotatable bonds is 3. The molecule has 1 aromatic heterocycles. The molecule has 1 atom stereocenters. The highest BCUT2D eigenvalue weighted by Crippen LogP contribution is 2.35. The summed E-state index contributed by atoms with van der Waals surface area (Å²) in [5.74, 6) is 0. The van der Waals surface area contributed by atoms with Crippen LogP contribution in [0.1, 0.15) is 65.9 Å². The lowest BCUT2D eigenvalue weighted by Gasteiger charge is -2.35. The molecule has 0 spiro atoms. The van der Waals surface area contributed by atoms with Gasteiger partial charge in [0.05, 0.1) is 11.7 Å². The summed E-state index contributed by atoms with van der Waals surface area (Å²) in [6, 6.07) is 0.668. The molecule has 1 aliphatic rings. The molecule has 0 radical (unpaired) electrons. The van der Waals surface area contributed by atoms with E-state index in [2.05, 4.69) is 55.9 Å². The second-order valence-electron chi connectivity index (χ2n) is 7.80. The van der Waals surface area contributed by atoms with E-state index in [1.807, 2.05) is 6.20 Å². The predicted octanol–water partition coefficient (Wildman–Crippen LogP) is 3.70. The topological polar surface area (TPSA) is 29.9 Å². The van der Waals surface area contributed by atoms with Crippen LogP contribution in [0.4, 0.5) is 0 Å². The third-order valence-corrected chi connectivity index (χ3v) is 4.12. The summed E-state index contributed by atoms with van der Waals surface area (Å²) in [7, 11) is 0. The SMILES string of the molecule is CC1(C)CCCC(NCc2cnn(C(C)(C)C)c2)C1. The van der Waals surface area contributed by atoms with E-state index in [9.17, 15) is 0 Å². The normalized spacial score (nSPS) is 23.5. The zero-order valence-electron chi connectivity index (χ0n) is 13.2. The molecule has 3 nitrogen and oxygen atoms in total. The molecular weight excluding hydrogens is 234 g/mol. The molecule has 0 saturated heterocycles. The lowest BCUT2D eigenvalue weighted by atomic mass is 9.75. The Morgan fingerprint density at radius 2 is 2.16 bits per heavy atom. The molecule has 3 heteroatoms. The fourth-order valence-electron chi connectivity index (χ4n) is 2.95. The van der Waals surface area contributed by atoms with Crippen molar-refractivity contribution in [3.63, 3.8) is 0 Å². The Balaban J connectivity index is 1.87. The summed E-state index contributed by atoms with van der Waals surface area (Å²) >= 11 is 0. The van der Waals surface area contributed by atoms with Gasteiger partial charge in [-0.05, 0) is 45.4 Å². The molecular formula is C16H29N3. The first-order chi connectivity index (χ1) is 8.76. The Morgan fingerprint density at radius 1 is 1.42 bits per heavy atom. The molecule has 1 aliphatic carbocycles. The van der Waals surface area contributed by atoms with Crippen LogP contribution in [0.3, 0.4) is 0 Å². The van der Waals surface area contributed by atoms with Crippen LogP contribution in [-0.2, 0) is 12.1 Å². The first kappa shape index (κ1) is 14.6. The molecule has 2 rings (SSSR count). The maximum absolute atomic E-state index is 4.46. The van der Waals surface area contributed by atoms with Crippen LogP contribution in [0.15, 0.2) is 12.4 Å². The molecule has 0 aromatic carbocycles. The highest BCUT2D eigenvalue weighted by Gasteiger charge is 2.27. The van der Waals surface area contributed by atoms with Crippen LogP contribution in [0, 0.1) is 5.41 Å². The monoisotopic (exact) mass is 263 g/mol. The minimum atomic E-state index is 0.0745. The quantitative estimate of drug-likeness (QED) is 0.901. The smallest absolute Gasteiger partial charge is 0.0543 e. The van der Waals surface area contributed by atoms with Gasteiger partial charge in [0, 0.05) is 24.3 Å². The van der Waals surface area contributed by atoms with Crippen molar-refractivity contribution >= 4 is 0 Å².